The van der Waals surface area contributed by atoms with Crippen LogP contribution in [-0.2, 0) is 4.79 Å². The van der Waals surface area contributed by atoms with E-state index in [1.165, 1.54) is 6.92 Å². The molecular formula is C6H7Cl2FO2. The maximum Gasteiger partial charge on any atom is 0.310 e. The van der Waals surface area contributed by atoms with Crippen molar-refractivity contribution in [1.82, 2.24) is 0 Å². The van der Waals surface area contributed by atoms with Crippen LogP contribution in [0.15, 0.2) is 0 Å². The molecule has 64 valence electrons. The number of halogens is 3. The number of aliphatic carboxylic acids is 1. The molecule has 2 atom stereocenters. The molecule has 1 saturated carbocycles. The topological polar surface area (TPSA) is 37.3 Å². The highest BCUT2D eigenvalue weighted by atomic mass is 35.5. The van der Waals surface area contributed by atoms with Crippen molar-refractivity contribution in [3.8, 4) is 0 Å². The lowest BCUT2D eigenvalue weighted by atomic mass is 10.1. The number of rotatable bonds is 2. The van der Waals surface area contributed by atoms with E-state index in [0.717, 1.165) is 0 Å². The van der Waals surface area contributed by atoms with Gasteiger partial charge in [0.15, 0.2) is 0 Å². The van der Waals surface area contributed by atoms with E-state index in [4.69, 9.17) is 28.3 Å². The summed E-state index contributed by atoms with van der Waals surface area (Å²) in [6, 6.07) is 0. The zero-order chi connectivity index (χ0) is 8.86. The minimum absolute atomic E-state index is 0.809. The molecule has 0 heterocycles. The summed E-state index contributed by atoms with van der Waals surface area (Å²) in [5, 5.41) is 8.52. The molecule has 1 fully saturated rings. The molecule has 5 heteroatoms. The highest BCUT2D eigenvalue weighted by Crippen LogP contribution is 2.69. The first-order valence-electron chi connectivity index (χ1n) is 3.04. The average Bonchev–Trinajstić information content (AvgIpc) is 2.29. The fourth-order valence-corrected chi connectivity index (χ4v) is 2.06. The Balaban J connectivity index is 2.83. The van der Waals surface area contributed by atoms with Gasteiger partial charge >= 0.3 is 5.97 Å². The average molecular weight is 201 g/mol. The maximum absolute atomic E-state index is 12.2. The van der Waals surface area contributed by atoms with E-state index in [2.05, 4.69) is 0 Å². The first-order chi connectivity index (χ1) is 4.88. The Morgan fingerprint density at radius 2 is 2.18 bits per heavy atom. The minimum Gasteiger partial charge on any atom is -0.481 e. The highest BCUT2D eigenvalue weighted by molar-refractivity contribution is 6.53. The Kier molecular flexibility index (Phi) is 1.84. The standard InChI is InChI=1S/C6H7Cl2FO2/c1-5(2-9)3(4(10)11)6(5,7)8/h3H,2H2,1H3,(H,10,11). The van der Waals surface area contributed by atoms with Gasteiger partial charge in [-0.2, -0.15) is 0 Å². The SMILES string of the molecule is CC1(CF)C(C(=O)O)C1(Cl)Cl. The lowest BCUT2D eigenvalue weighted by Gasteiger charge is -2.02. The fraction of sp³-hybridized carbons (Fsp3) is 0.833. The van der Waals surface area contributed by atoms with Crippen LogP contribution in [0, 0.1) is 11.3 Å². The second kappa shape index (κ2) is 2.23. The number of carboxylic acid groups (broad SMARTS) is 1. The summed E-state index contributed by atoms with van der Waals surface area (Å²) in [6.07, 6.45) is 0. The lowest BCUT2D eigenvalue weighted by Crippen LogP contribution is -2.08. The summed E-state index contributed by atoms with van der Waals surface area (Å²) in [7, 11) is 0. The smallest absolute Gasteiger partial charge is 0.310 e. The largest absolute Gasteiger partial charge is 0.481 e. The quantitative estimate of drug-likeness (QED) is 0.692. The Labute approximate surface area is 73.3 Å². The molecule has 1 aliphatic carbocycles. The number of alkyl halides is 3. The summed E-state index contributed by atoms with van der Waals surface area (Å²) in [6.45, 7) is 0.614. The molecule has 0 radical (unpaired) electrons. The van der Waals surface area contributed by atoms with Crippen molar-refractivity contribution in [2.75, 3.05) is 6.67 Å². The fourth-order valence-electron chi connectivity index (χ4n) is 1.18. The molecule has 2 nitrogen and oxygen atoms in total. The third kappa shape index (κ3) is 0.942. The van der Waals surface area contributed by atoms with E-state index in [0.29, 0.717) is 0 Å². The van der Waals surface area contributed by atoms with Gasteiger partial charge in [-0.1, -0.05) is 30.1 Å². The second-order valence-corrected chi connectivity index (χ2v) is 4.33. The molecular weight excluding hydrogens is 194 g/mol. The molecule has 1 aliphatic rings. The number of carboxylic acids is 1. The first-order valence-corrected chi connectivity index (χ1v) is 3.80. The predicted molar refractivity (Wildman–Crippen MR) is 39.6 cm³/mol. The Hall–Kier alpha value is -0.0200. The second-order valence-electron chi connectivity index (χ2n) is 2.95. The van der Waals surface area contributed by atoms with Gasteiger partial charge in [-0.25, -0.2) is 0 Å². The predicted octanol–water partition coefficient (Wildman–Crippen LogP) is 1.85. The van der Waals surface area contributed by atoms with Crippen LogP contribution in [0.3, 0.4) is 0 Å². The van der Waals surface area contributed by atoms with Crippen LogP contribution in [-0.4, -0.2) is 22.1 Å². The first kappa shape index (κ1) is 9.07. The number of carbonyl (C=O) groups is 1. The Morgan fingerprint density at radius 3 is 2.27 bits per heavy atom. The van der Waals surface area contributed by atoms with Crippen LogP contribution in [0.25, 0.3) is 0 Å². The van der Waals surface area contributed by atoms with Gasteiger partial charge in [0.25, 0.3) is 0 Å². The zero-order valence-electron chi connectivity index (χ0n) is 5.77. The van der Waals surface area contributed by atoms with Crippen LogP contribution in [0.4, 0.5) is 4.39 Å². The molecule has 1 N–H and O–H groups in total. The molecule has 0 aliphatic heterocycles. The lowest BCUT2D eigenvalue weighted by molar-refractivity contribution is -0.139. The van der Waals surface area contributed by atoms with Crippen LogP contribution in [0.1, 0.15) is 6.92 Å². The van der Waals surface area contributed by atoms with Crippen LogP contribution in [0.5, 0.6) is 0 Å². The van der Waals surface area contributed by atoms with Crippen molar-refractivity contribution in [2.45, 2.75) is 11.3 Å². The van der Waals surface area contributed by atoms with Crippen LogP contribution in [0.2, 0.25) is 0 Å². The summed E-state index contributed by atoms with van der Waals surface area (Å²) >= 11 is 11.1. The third-order valence-corrected chi connectivity index (χ3v) is 3.50. The molecule has 0 amide bonds. The molecule has 0 aromatic heterocycles. The number of hydrogen-bond donors (Lipinski definition) is 1. The molecule has 0 bridgehead atoms. The molecule has 0 aromatic carbocycles. The van der Waals surface area contributed by atoms with Gasteiger partial charge in [0.1, 0.15) is 10.3 Å². The van der Waals surface area contributed by atoms with Crippen LogP contribution >= 0.6 is 23.2 Å². The van der Waals surface area contributed by atoms with Crippen molar-refractivity contribution in [3.05, 3.63) is 0 Å². The Bertz CT molecular complexity index is 207. The van der Waals surface area contributed by atoms with Crippen molar-refractivity contribution in [2.24, 2.45) is 11.3 Å². The zero-order valence-corrected chi connectivity index (χ0v) is 7.29. The van der Waals surface area contributed by atoms with Crippen molar-refractivity contribution < 1.29 is 14.3 Å². The summed E-state index contributed by atoms with van der Waals surface area (Å²) in [4.78, 5) is 10.4. The number of hydrogen-bond acceptors (Lipinski definition) is 1. The van der Waals surface area contributed by atoms with E-state index in [9.17, 15) is 9.18 Å². The molecule has 2 unspecified atom stereocenters. The summed E-state index contributed by atoms with van der Waals surface area (Å²) in [5.41, 5.74) is -1.11. The Morgan fingerprint density at radius 1 is 1.73 bits per heavy atom. The molecule has 11 heavy (non-hydrogen) atoms. The third-order valence-electron chi connectivity index (χ3n) is 2.20. The van der Waals surface area contributed by atoms with Crippen LogP contribution < -0.4 is 0 Å². The molecule has 0 spiro atoms. The summed E-state index contributed by atoms with van der Waals surface area (Å²) in [5.74, 6) is -2.13. The van der Waals surface area contributed by atoms with E-state index < -0.39 is 28.3 Å². The van der Waals surface area contributed by atoms with E-state index in [-0.39, 0.29) is 0 Å². The molecule has 0 saturated heterocycles. The monoisotopic (exact) mass is 200 g/mol. The van der Waals surface area contributed by atoms with Gasteiger partial charge in [-0.05, 0) is 0 Å². The van der Waals surface area contributed by atoms with E-state index in [1.54, 1.807) is 0 Å². The van der Waals surface area contributed by atoms with Gasteiger partial charge in [-0.15, -0.1) is 0 Å². The summed E-state index contributed by atoms with van der Waals surface area (Å²) < 4.78 is 10.8. The van der Waals surface area contributed by atoms with E-state index >= 15 is 0 Å². The van der Waals surface area contributed by atoms with Gasteiger partial charge < -0.3 is 5.11 Å². The maximum atomic E-state index is 12.2. The van der Waals surface area contributed by atoms with Crippen molar-refractivity contribution in [1.29, 1.82) is 0 Å². The van der Waals surface area contributed by atoms with Gasteiger partial charge in [0.2, 0.25) is 0 Å². The minimum atomic E-state index is -1.44. The highest BCUT2D eigenvalue weighted by Gasteiger charge is 2.77. The van der Waals surface area contributed by atoms with Gasteiger partial charge in [-0.3, -0.25) is 9.18 Å². The molecule has 1 rings (SSSR count). The molecule has 0 aromatic rings. The van der Waals surface area contributed by atoms with Crippen molar-refractivity contribution in [3.63, 3.8) is 0 Å². The van der Waals surface area contributed by atoms with E-state index in [1.807, 2.05) is 0 Å². The normalized spacial score (nSPS) is 40.2. The van der Waals surface area contributed by atoms with Gasteiger partial charge in [0.05, 0.1) is 6.67 Å². The van der Waals surface area contributed by atoms with Gasteiger partial charge in [0, 0.05) is 5.41 Å². The van der Waals surface area contributed by atoms with Crippen molar-refractivity contribution >= 4 is 29.2 Å².